The highest BCUT2D eigenvalue weighted by Crippen LogP contribution is 2.33. The lowest BCUT2D eigenvalue weighted by Crippen LogP contribution is -2.31. The number of thioether (sulfide) groups is 1. The van der Waals surface area contributed by atoms with Gasteiger partial charge in [0.2, 0.25) is 0 Å². The fraction of sp³-hybridized carbons (Fsp3) is 0.304. The molecule has 1 aromatic carbocycles. The smallest absolute Gasteiger partial charge is 0.316 e. The molecule has 0 aliphatic carbocycles. The molecule has 0 saturated carbocycles. The van der Waals surface area contributed by atoms with Gasteiger partial charge >= 0.3 is 5.97 Å². The lowest BCUT2D eigenvalue weighted by molar-refractivity contribution is -0.150. The topological polar surface area (TPSA) is 98.1 Å². The minimum absolute atomic E-state index is 0.109. The first-order valence-corrected chi connectivity index (χ1v) is 11.8. The second-order valence-electron chi connectivity index (χ2n) is 7.48. The zero-order valence-corrected chi connectivity index (χ0v) is 19.7. The van der Waals surface area contributed by atoms with Crippen molar-refractivity contribution in [2.24, 2.45) is 5.10 Å². The summed E-state index contributed by atoms with van der Waals surface area (Å²) in [6, 6.07) is 10.4. The van der Waals surface area contributed by atoms with E-state index in [1.807, 2.05) is 26.0 Å². The Kier molecular flexibility index (Phi) is 7.20. The second kappa shape index (κ2) is 10.3. The predicted octanol–water partition coefficient (Wildman–Crippen LogP) is 4.69. The molecular formula is C23H22ClN3O5S. The number of carbonyl (C=O) groups excluding carboxylic acids is 2. The lowest BCUT2D eigenvalue weighted by atomic mass is 10.0. The number of hydrazone groups is 1. The number of halogens is 1. The van der Waals surface area contributed by atoms with E-state index in [0.29, 0.717) is 23.0 Å². The van der Waals surface area contributed by atoms with Gasteiger partial charge in [-0.05, 0) is 43.7 Å². The molecule has 0 fully saturated rings. The van der Waals surface area contributed by atoms with Crippen molar-refractivity contribution in [3.05, 3.63) is 76.0 Å². The molecule has 0 spiro atoms. The highest BCUT2D eigenvalue weighted by molar-refractivity contribution is 7.99. The van der Waals surface area contributed by atoms with Gasteiger partial charge in [0, 0.05) is 22.8 Å². The summed E-state index contributed by atoms with van der Waals surface area (Å²) in [6.07, 6.45) is 2.02. The van der Waals surface area contributed by atoms with Gasteiger partial charge in [-0.1, -0.05) is 28.9 Å². The number of esters is 1. The van der Waals surface area contributed by atoms with Crippen molar-refractivity contribution in [1.29, 1.82) is 0 Å². The van der Waals surface area contributed by atoms with Crippen LogP contribution in [0.1, 0.15) is 40.8 Å². The number of aryl methyl sites for hydroxylation is 2. The number of rotatable bonds is 8. The van der Waals surface area contributed by atoms with E-state index < -0.39 is 24.5 Å². The summed E-state index contributed by atoms with van der Waals surface area (Å²) in [5.74, 6) is 1.12. The van der Waals surface area contributed by atoms with Crippen molar-refractivity contribution in [3.8, 4) is 0 Å². The summed E-state index contributed by atoms with van der Waals surface area (Å²) >= 11 is 7.36. The number of hydrogen-bond donors (Lipinski definition) is 0. The monoisotopic (exact) mass is 487 g/mol. The van der Waals surface area contributed by atoms with Crippen LogP contribution in [0, 0.1) is 13.8 Å². The van der Waals surface area contributed by atoms with Gasteiger partial charge in [0.25, 0.3) is 5.91 Å². The van der Waals surface area contributed by atoms with Crippen molar-refractivity contribution >= 4 is 41.0 Å². The number of nitrogens with zero attached hydrogens (tertiary/aromatic N) is 3. The SMILES string of the molecule is Cc1noc(C)c1CSCC(=O)OCC(=O)N1N=C(c2ccc(Cl)cc2)CC1c1ccco1. The van der Waals surface area contributed by atoms with Crippen LogP contribution < -0.4 is 0 Å². The number of ether oxygens (including phenoxy) is 1. The summed E-state index contributed by atoms with van der Waals surface area (Å²) in [5, 5.41) is 10.3. The van der Waals surface area contributed by atoms with E-state index in [1.165, 1.54) is 16.8 Å². The van der Waals surface area contributed by atoms with Crippen molar-refractivity contribution in [2.75, 3.05) is 12.4 Å². The van der Waals surface area contributed by atoms with E-state index in [4.69, 9.17) is 25.3 Å². The minimum atomic E-state index is -0.476. The van der Waals surface area contributed by atoms with E-state index in [0.717, 1.165) is 28.3 Å². The van der Waals surface area contributed by atoms with Gasteiger partial charge in [-0.25, -0.2) is 5.01 Å². The van der Waals surface area contributed by atoms with Crippen LogP contribution in [0.5, 0.6) is 0 Å². The van der Waals surface area contributed by atoms with Gasteiger partial charge in [-0.15, -0.1) is 11.8 Å². The Morgan fingerprint density at radius 2 is 2.03 bits per heavy atom. The predicted molar refractivity (Wildman–Crippen MR) is 124 cm³/mol. The highest BCUT2D eigenvalue weighted by atomic mass is 35.5. The number of furan rings is 1. The summed E-state index contributed by atoms with van der Waals surface area (Å²) in [6.45, 7) is 3.28. The average Bonchev–Trinajstić information content (AvgIpc) is 3.54. The molecule has 1 aliphatic heterocycles. The number of benzene rings is 1. The quantitative estimate of drug-likeness (QED) is 0.425. The standard InChI is InChI=1S/C23H22ClN3O5S/c1-14-18(15(2)32-26-14)12-33-13-23(29)31-11-22(28)27-20(21-4-3-9-30-21)10-19(25-27)16-5-7-17(24)8-6-16/h3-9,20H,10-13H2,1-2H3. The van der Waals surface area contributed by atoms with Crippen LogP contribution in [-0.4, -0.2) is 40.1 Å². The molecule has 10 heteroatoms. The molecule has 1 atom stereocenters. The third kappa shape index (κ3) is 5.48. The molecule has 4 rings (SSSR count). The zero-order chi connectivity index (χ0) is 23.4. The molecule has 1 aliphatic rings. The molecule has 172 valence electrons. The molecule has 3 heterocycles. The molecule has 0 radical (unpaired) electrons. The molecular weight excluding hydrogens is 466 g/mol. The lowest BCUT2D eigenvalue weighted by Gasteiger charge is -2.19. The molecule has 8 nitrogen and oxygen atoms in total. The van der Waals surface area contributed by atoms with E-state index in [9.17, 15) is 9.59 Å². The van der Waals surface area contributed by atoms with Crippen LogP contribution >= 0.6 is 23.4 Å². The number of hydrogen-bond acceptors (Lipinski definition) is 8. The van der Waals surface area contributed by atoms with E-state index in [1.54, 1.807) is 30.5 Å². The molecule has 0 N–H and O–H groups in total. The first-order valence-electron chi connectivity index (χ1n) is 10.3. The molecule has 0 saturated heterocycles. The zero-order valence-electron chi connectivity index (χ0n) is 18.1. The van der Waals surface area contributed by atoms with Crippen LogP contribution in [0.2, 0.25) is 5.02 Å². The highest BCUT2D eigenvalue weighted by Gasteiger charge is 2.35. The van der Waals surface area contributed by atoms with Gasteiger partial charge < -0.3 is 13.7 Å². The van der Waals surface area contributed by atoms with E-state index >= 15 is 0 Å². The molecule has 0 bridgehead atoms. The summed E-state index contributed by atoms with van der Waals surface area (Å²) in [5.41, 5.74) is 3.35. The Morgan fingerprint density at radius 3 is 2.70 bits per heavy atom. The largest absolute Gasteiger partial charge is 0.467 e. The van der Waals surface area contributed by atoms with Gasteiger partial charge in [0.1, 0.15) is 17.6 Å². The first kappa shape index (κ1) is 23.1. The number of aromatic nitrogens is 1. The Labute approximate surface area is 199 Å². The van der Waals surface area contributed by atoms with Crippen LogP contribution in [0.15, 0.2) is 56.7 Å². The first-order chi connectivity index (χ1) is 15.9. The fourth-order valence-corrected chi connectivity index (χ4v) is 4.55. The van der Waals surface area contributed by atoms with Crippen LogP contribution in [0.3, 0.4) is 0 Å². The van der Waals surface area contributed by atoms with Gasteiger partial charge in [0.05, 0.1) is 23.4 Å². The van der Waals surface area contributed by atoms with Crippen molar-refractivity contribution in [2.45, 2.75) is 32.1 Å². The Morgan fingerprint density at radius 1 is 1.24 bits per heavy atom. The van der Waals surface area contributed by atoms with Gasteiger partial charge in [-0.3, -0.25) is 9.59 Å². The number of carbonyl (C=O) groups is 2. The third-order valence-corrected chi connectivity index (χ3v) is 6.40. The summed E-state index contributed by atoms with van der Waals surface area (Å²) in [4.78, 5) is 25.1. The van der Waals surface area contributed by atoms with Crippen molar-refractivity contribution in [1.82, 2.24) is 10.2 Å². The maximum atomic E-state index is 12.9. The maximum absolute atomic E-state index is 12.9. The second-order valence-corrected chi connectivity index (χ2v) is 8.91. The summed E-state index contributed by atoms with van der Waals surface area (Å²) < 4.78 is 15.9. The van der Waals surface area contributed by atoms with Gasteiger partial charge in [-0.2, -0.15) is 5.10 Å². The van der Waals surface area contributed by atoms with Crippen molar-refractivity contribution in [3.63, 3.8) is 0 Å². The average molecular weight is 488 g/mol. The van der Waals surface area contributed by atoms with E-state index in [-0.39, 0.29) is 5.75 Å². The minimum Gasteiger partial charge on any atom is -0.467 e. The maximum Gasteiger partial charge on any atom is 0.316 e. The normalized spacial score (nSPS) is 15.5. The molecule has 2 aromatic heterocycles. The molecule has 1 unspecified atom stereocenters. The summed E-state index contributed by atoms with van der Waals surface area (Å²) in [7, 11) is 0. The van der Waals surface area contributed by atoms with Gasteiger partial charge in [0.15, 0.2) is 6.61 Å². The van der Waals surface area contributed by atoms with Crippen LogP contribution in [-0.2, 0) is 20.1 Å². The molecule has 1 amide bonds. The van der Waals surface area contributed by atoms with Crippen LogP contribution in [0.25, 0.3) is 0 Å². The number of amides is 1. The van der Waals surface area contributed by atoms with E-state index in [2.05, 4.69) is 10.3 Å². The Balaban J connectivity index is 1.36. The Hall–Kier alpha value is -3.04. The fourth-order valence-electron chi connectivity index (χ4n) is 3.45. The molecule has 3 aromatic rings. The third-order valence-electron chi connectivity index (χ3n) is 5.22. The Bertz CT molecular complexity index is 1140. The van der Waals surface area contributed by atoms with Crippen LogP contribution in [0.4, 0.5) is 0 Å². The molecule has 33 heavy (non-hydrogen) atoms. The van der Waals surface area contributed by atoms with Crippen molar-refractivity contribution < 1.29 is 23.3 Å².